The summed E-state index contributed by atoms with van der Waals surface area (Å²) in [5.74, 6) is 2.53. The highest BCUT2D eigenvalue weighted by atomic mass is 79.9. The average Bonchev–Trinajstić information content (AvgIpc) is 2.75. The van der Waals surface area contributed by atoms with Gasteiger partial charge in [0.1, 0.15) is 5.82 Å². The number of anilines is 1. The molecule has 0 aromatic carbocycles. The van der Waals surface area contributed by atoms with Crippen LogP contribution in [0.2, 0.25) is 5.02 Å². The lowest BCUT2D eigenvalue weighted by Gasteiger charge is -2.35. The third-order valence-electron chi connectivity index (χ3n) is 3.79. The second kappa shape index (κ2) is 4.75. The van der Waals surface area contributed by atoms with Gasteiger partial charge >= 0.3 is 0 Å². The van der Waals surface area contributed by atoms with Crippen LogP contribution in [0.5, 0.6) is 0 Å². The van der Waals surface area contributed by atoms with Gasteiger partial charge in [-0.15, -0.1) is 0 Å². The van der Waals surface area contributed by atoms with Gasteiger partial charge < -0.3 is 10.2 Å². The van der Waals surface area contributed by atoms with Crippen LogP contribution in [0.4, 0.5) is 5.82 Å². The van der Waals surface area contributed by atoms with Gasteiger partial charge in [0, 0.05) is 23.8 Å². The normalized spacial score (nSPS) is 28.2. The topological polar surface area (TPSA) is 28.2 Å². The van der Waals surface area contributed by atoms with Gasteiger partial charge in [0.25, 0.3) is 0 Å². The van der Waals surface area contributed by atoms with E-state index in [0.717, 1.165) is 46.8 Å². The largest absolute Gasteiger partial charge is 0.355 e. The zero-order valence-electron chi connectivity index (χ0n) is 9.50. The molecule has 92 valence electrons. The fraction of sp³-hybridized carbons (Fsp3) is 0.583. The number of nitrogens with zero attached hydrogens (tertiary/aromatic N) is 2. The Bertz CT molecular complexity index is 426. The van der Waals surface area contributed by atoms with Crippen molar-refractivity contribution >= 4 is 33.3 Å². The van der Waals surface area contributed by atoms with Gasteiger partial charge in [0.2, 0.25) is 0 Å². The summed E-state index contributed by atoms with van der Waals surface area (Å²) in [7, 11) is 0. The van der Waals surface area contributed by atoms with Gasteiger partial charge in [-0.05, 0) is 53.3 Å². The molecule has 0 radical (unpaired) electrons. The first-order valence-corrected chi connectivity index (χ1v) is 7.18. The number of fused-ring (bicyclic) bond motifs is 1. The second-order valence-electron chi connectivity index (χ2n) is 4.87. The van der Waals surface area contributed by atoms with E-state index in [0.29, 0.717) is 0 Å². The first-order chi connectivity index (χ1) is 8.24. The lowest BCUT2D eigenvalue weighted by atomic mass is 9.89. The molecule has 3 heterocycles. The van der Waals surface area contributed by atoms with Gasteiger partial charge in [0.05, 0.1) is 5.02 Å². The van der Waals surface area contributed by atoms with Crippen LogP contribution < -0.4 is 10.2 Å². The average molecular weight is 317 g/mol. The predicted molar refractivity (Wildman–Crippen MR) is 73.6 cm³/mol. The first-order valence-electron chi connectivity index (χ1n) is 6.01. The van der Waals surface area contributed by atoms with Crippen molar-refractivity contribution in [1.29, 1.82) is 0 Å². The number of hydrogen-bond donors (Lipinski definition) is 1. The maximum atomic E-state index is 6.26. The van der Waals surface area contributed by atoms with E-state index < -0.39 is 0 Å². The number of rotatable bonds is 1. The predicted octanol–water partition coefficient (Wildman–Crippen LogP) is 2.54. The van der Waals surface area contributed by atoms with Crippen molar-refractivity contribution in [1.82, 2.24) is 10.3 Å². The Kier molecular flexibility index (Phi) is 3.28. The van der Waals surface area contributed by atoms with Crippen molar-refractivity contribution in [3.8, 4) is 0 Å². The van der Waals surface area contributed by atoms with Crippen LogP contribution in [0.15, 0.2) is 16.7 Å². The Morgan fingerprint density at radius 3 is 3.06 bits per heavy atom. The van der Waals surface area contributed by atoms with Gasteiger partial charge in [-0.25, -0.2) is 4.98 Å². The molecule has 2 saturated heterocycles. The lowest BCUT2D eigenvalue weighted by molar-refractivity contribution is 0.347. The molecule has 0 bridgehead atoms. The van der Waals surface area contributed by atoms with E-state index >= 15 is 0 Å². The van der Waals surface area contributed by atoms with Crippen LogP contribution in [-0.2, 0) is 0 Å². The van der Waals surface area contributed by atoms with Crippen LogP contribution in [0.25, 0.3) is 0 Å². The molecule has 2 atom stereocenters. The van der Waals surface area contributed by atoms with Crippen molar-refractivity contribution in [2.75, 3.05) is 31.1 Å². The monoisotopic (exact) mass is 315 g/mol. The molecule has 0 amide bonds. The second-order valence-corrected chi connectivity index (χ2v) is 6.19. The van der Waals surface area contributed by atoms with Gasteiger partial charge in [-0.3, -0.25) is 0 Å². The molecule has 2 unspecified atom stereocenters. The minimum absolute atomic E-state index is 0.740. The summed E-state index contributed by atoms with van der Waals surface area (Å²) < 4.78 is 0.934. The number of pyridine rings is 1. The summed E-state index contributed by atoms with van der Waals surface area (Å²) in [4.78, 5) is 6.76. The molecule has 2 aliphatic rings. The molecule has 3 rings (SSSR count). The van der Waals surface area contributed by atoms with Crippen molar-refractivity contribution < 1.29 is 0 Å². The summed E-state index contributed by atoms with van der Waals surface area (Å²) in [5.41, 5.74) is 0. The molecule has 0 aliphatic carbocycles. The number of aromatic nitrogens is 1. The van der Waals surface area contributed by atoms with Gasteiger partial charge in [-0.2, -0.15) is 0 Å². The van der Waals surface area contributed by atoms with E-state index in [2.05, 4.69) is 31.1 Å². The van der Waals surface area contributed by atoms with E-state index in [4.69, 9.17) is 11.6 Å². The molecule has 5 heteroatoms. The Hall–Kier alpha value is -0.320. The Morgan fingerprint density at radius 2 is 2.24 bits per heavy atom. The summed E-state index contributed by atoms with van der Waals surface area (Å²) in [6.07, 6.45) is 3.06. The fourth-order valence-electron chi connectivity index (χ4n) is 2.87. The molecule has 1 N–H and O–H groups in total. The molecule has 3 nitrogen and oxygen atoms in total. The SMILES string of the molecule is Clc1cc(Br)cnc1N1CCC2CNCC2C1. The summed E-state index contributed by atoms with van der Waals surface area (Å²) in [5, 5.41) is 4.21. The smallest absolute Gasteiger partial charge is 0.147 e. The highest BCUT2D eigenvalue weighted by Gasteiger charge is 2.33. The van der Waals surface area contributed by atoms with E-state index in [1.54, 1.807) is 0 Å². The van der Waals surface area contributed by atoms with E-state index in [1.807, 2.05) is 12.3 Å². The van der Waals surface area contributed by atoms with E-state index in [-0.39, 0.29) is 0 Å². The third-order valence-corrected chi connectivity index (χ3v) is 4.50. The maximum Gasteiger partial charge on any atom is 0.147 e. The van der Waals surface area contributed by atoms with E-state index in [1.165, 1.54) is 13.0 Å². The maximum absolute atomic E-state index is 6.26. The summed E-state index contributed by atoms with van der Waals surface area (Å²) in [6.45, 7) is 4.46. The van der Waals surface area contributed by atoms with Crippen LogP contribution in [-0.4, -0.2) is 31.2 Å². The Morgan fingerprint density at radius 1 is 1.41 bits per heavy atom. The molecular weight excluding hydrogens is 302 g/mol. The van der Waals surface area contributed by atoms with Crippen molar-refractivity contribution in [3.05, 3.63) is 21.8 Å². The molecule has 2 fully saturated rings. The van der Waals surface area contributed by atoms with Gasteiger partial charge in [-0.1, -0.05) is 11.6 Å². The standard InChI is InChI=1S/C12H15BrClN3/c13-10-3-11(14)12(16-6-10)17-2-1-8-4-15-5-9(8)7-17/h3,6,8-9,15H,1-2,4-5,7H2. The van der Waals surface area contributed by atoms with Crippen LogP contribution >= 0.6 is 27.5 Å². The van der Waals surface area contributed by atoms with Crippen molar-refractivity contribution in [2.45, 2.75) is 6.42 Å². The van der Waals surface area contributed by atoms with Crippen molar-refractivity contribution in [3.63, 3.8) is 0 Å². The Labute approximate surface area is 115 Å². The van der Waals surface area contributed by atoms with Crippen LogP contribution in [0, 0.1) is 11.8 Å². The molecule has 1 aromatic rings. The lowest BCUT2D eigenvalue weighted by Crippen LogP contribution is -2.40. The number of halogens is 2. The molecule has 17 heavy (non-hydrogen) atoms. The van der Waals surface area contributed by atoms with Crippen molar-refractivity contribution in [2.24, 2.45) is 11.8 Å². The highest BCUT2D eigenvalue weighted by molar-refractivity contribution is 9.10. The number of nitrogens with one attached hydrogen (secondary N) is 1. The number of piperidine rings is 1. The Balaban J connectivity index is 1.80. The zero-order valence-corrected chi connectivity index (χ0v) is 11.8. The third kappa shape index (κ3) is 2.30. The van der Waals surface area contributed by atoms with E-state index in [9.17, 15) is 0 Å². The van der Waals surface area contributed by atoms with Crippen LogP contribution in [0.3, 0.4) is 0 Å². The molecule has 0 spiro atoms. The fourth-order valence-corrected chi connectivity index (χ4v) is 3.62. The minimum Gasteiger partial charge on any atom is -0.355 e. The zero-order chi connectivity index (χ0) is 11.8. The van der Waals surface area contributed by atoms with Crippen LogP contribution in [0.1, 0.15) is 6.42 Å². The molecular formula is C12H15BrClN3. The molecule has 1 aromatic heterocycles. The summed E-state index contributed by atoms with van der Waals surface area (Å²) in [6, 6.07) is 1.92. The first kappa shape index (κ1) is 11.8. The van der Waals surface area contributed by atoms with Gasteiger partial charge in [0.15, 0.2) is 0 Å². The minimum atomic E-state index is 0.740. The summed E-state index contributed by atoms with van der Waals surface area (Å²) >= 11 is 9.65. The molecule has 0 saturated carbocycles. The quantitative estimate of drug-likeness (QED) is 0.863. The molecule has 2 aliphatic heterocycles. The number of hydrogen-bond acceptors (Lipinski definition) is 3. The highest BCUT2D eigenvalue weighted by Crippen LogP contribution is 2.32.